The number of hydrogen-bond donors (Lipinski definition) is 1. The smallest absolute Gasteiger partial charge is 0.0413 e. The van der Waals surface area contributed by atoms with E-state index < -0.39 is 0 Å². The second kappa shape index (κ2) is 5.84. The first kappa shape index (κ1) is 13.4. The first-order valence-corrected chi connectivity index (χ1v) is 7.23. The predicted octanol–water partition coefficient (Wildman–Crippen LogP) is 5.71. The maximum atomic E-state index is 3.47. The summed E-state index contributed by atoms with van der Waals surface area (Å²) in [5.41, 5.74) is 7.36. The highest BCUT2D eigenvalue weighted by Crippen LogP contribution is 2.26. The lowest BCUT2D eigenvalue weighted by atomic mass is 10.0. The van der Waals surface area contributed by atoms with Crippen LogP contribution in [-0.2, 0) is 0 Å². The average molecular weight is 273 g/mol. The summed E-state index contributed by atoms with van der Waals surface area (Å²) < 4.78 is 0. The molecule has 0 bridgehead atoms. The van der Waals surface area contributed by atoms with Crippen molar-refractivity contribution in [3.05, 3.63) is 83.9 Å². The molecular formula is C20H19N. The number of anilines is 2. The molecule has 0 spiro atoms. The Kier molecular flexibility index (Phi) is 3.74. The Morgan fingerprint density at radius 3 is 1.90 bits per heavy atom. The summed E-state index contributed by atoms with van der Waals surface area (Å²) in [6.07, 6.45) is 0. The van der Waals surface area contributed by atoms with Gasteiger partial charge in [-0.1, -0.05) is 54.6 Å². The lowest BCUT2D eigenvalue weighted by molar-refractivity contribution is 1.43. The molecule has 0 aliphatic carbocycles. The molecule has 0 fully saturated rings. The van der Waals surface area contributed by atoms with E-state index in [0.717, 1.165) is 11.4 Å². The fourth-order valence-corrected chi connectivity index (χ4v) is 2.50. The maximum Gasteiger partial charge on any atom is 0.0413 e. The molecule has 0 saturated carbocycles. The van der Waals surface area contributed by atoms with Crippen molar-refractivity contribution >= 4 is 11.4 Å². The Morgan fingerprint density at radius 2 is 1.24 bits per heavy atom. The Hall–Kier alpha value is -2.54. The SMILES string of the molecule is Cc1ccccc1Nc1ccc(-c2ccccc2C)cc1. The van der Waals surface area contributed by atoms with Gasteiger partial charge in [-0.2, -0.15) is 0 Å². The van der Waals surface area contributed by atoms with Crippen molar-refractivity contribution in [1.82, 2.24) is 0 Å². The predicted molar refractivity (Wildman–Crippen MR) is 91.1 cm³/mol. The summed E-state index contributed by atoms with van der Waals surface area (Å²) >= 11 is 0. The molecule has 3 rings (SSSR count). The van der Waals surface area contributed by atoms with Gasteiger partial charge in [0.15, 0.2) is 0 Å². The molecule has 1 N–H and O–H groups in total. The molecular weight excluding hydrogens is 254 g/mol. The van der Waals surface area contributed by atoms with Crippen LogP contribution < -0.4 is 5.32 Å². The lowest BCUT2D eigenvalue weighted by Gasteiger charge is -2.11. The summed E-state index contributed by atoms with van der Waals surface area (Å²) in [5.74, 6) is 0. The summed E-state index contributed by atoms with van der Waals surface area (Å²) in [4.78, 5) is 0. The van der Waals surface area contributed by atoms with Crippen LogP contribution in [0.15, 0.2) is 72.8 Å². The second-order valence-electron chi connectivity index (χ2n) is 5.33. The molecule has 1 nitrogen and oxygen atoms in total. The molecule has 0 aliphatic heterocycles. The molecule has 0 aromatic heterocycles. The summed E-state index contributed by atoms with van der Waals surface area (Å²) in [5, 5.41) is 3.47. The number of benzene rings is 3. The average Bonchev–Trinajstić information content (AvgIpc) is 2.51. The molecule has 104 valence electrons. The van der Waals surface area contributed by atoms with Gasteiger partial charge in [0.05, 0.1) is 0 Å². The van der Waals surface area contributed by atoms with E-state index in [1.807, 2.05) is 0 Å². The topological polar surface area (TPSA) is 12.0 Å². The third kappa shape index (κ3) is 2.97. The first-order valence-electron chi connectivity index (χ1n) is 7.23. The summed E-state index contributed by atoms with van der Waals surface area (Å²) in [6, 6.07) is 25.4. The zero-order valence-corrected chi connectivity index (χ0v) is 12.4. The van der Waals surface area contributed by atoms with Gasteiger partial charge in [-0.15, -0.1) is 0 Å². The highest BCUT2D eigenvalue weighted by Gasteiger charge is 2.02. The number of nitrogens with one attached hydrogen (secondary N) is 1. The molecule has 0 amide bonds. The standard InChI is InChI=1S/C20H19N/c1-15-7-3-5-9-19(15)17-11-13-18(14-12-17)21-20-10-6-4-8-16(20)2/h3-14,21H,1-2H3. The van der Waals surface area contributed by atoms with Crippen LogP contribution in [0, 0.1) is 13.8 Å². The zero-order chi connectivity index (χ0) is 14.7. The minimum Gasteiger partial charge on any atom is -0.355 e. The van der Waals surface area contributed by atoms with Crippen molar-refractivity contribution in [2.45, 2.75) is 13.8 Å². The Labute approximate surface area is 126 Å². The van der Waals surface area contributed by atoms with Crippen molar-refractivity contribution in [2.24, 2.45) is 0 Å². The lowest BCUT2D eigenvalue weighted by Crippen LogP contribution is -1.92. The molecule has 0 aliphatic rings. The Bertz CT molecular complexity index is 742. The van der Waals surface area contributed by atoms with Gasteiger partial charge in [-0.25, -0.2) is 0 Å². The monoisotopic (exact) mass is 273 g/mol. The number of hydrogen-bond acceptors (Lipinski definition) is 1. The maximum absolute atomic E-state index is 3.47. The third-order valence-electron chi connectivity index (χ3n) is 3.77. The van der Waals surface area contributed by atoms with Gasteiger partial charge < -0.3 is 5.32 Å². The highest BCUT2D eigenvalue weighted by molar-refractivity contribution is 5.71. The third-order valence-corrected chi connectivity index (χ3v) is 3.77. The van der Waals surface area contributed by atoms with E-state index in [0.29, 0.717) is 0 Å². The largest absolute Gasteiger partial charge is 0.355 e. The van der Waals surface area contributed by atoms with E-state index in [1.165, 1.54) is 22.3 Å². The molecule has 21 heavy (non-hydrogen) atoms. The number of aryl methyl sites for hydroxylation is 2. The van der Waals surface area contributed by atoms with Crippen LogP contribution in [0.2, 0.25) is 0 Å². The van der Waals surface area contributed by atoms with Crippen LogP contribution in [0.1, 0.15) is 11.1 Å². The van der Waals surface area contributed by atoms with E-state index in [-0.39, 0.29) is 0 Å². The van der Waals surface area contributed by atoms with Crippen molar-refractivity contribution in [2.75, 3.05) is 5.32 Å². The van der Waals surface area contributed by atoms with Gasteiger partial charge in [-0.3, -0.25) is 0 Å². The fourth-order valence-electron chi connectivity index (χ4n) is 2.50. The number of para-hydroxylation sites is 1. The summed E-state index contributed by atoms with van der Waals surface area (Å²) in [7, 11) is 0. The van der Waals surface area contributed by atoms with E-state index >= 15 is 0 Å². The quantitative estimate of drug-likeness (QED) is 0.644. The van der Waals surface area contributed by atoms with Crippen molar-refractivity contribution in [3.8, 4) is 11.1 Å². The molecule has 3 aromatic carbocycles. The van der Waals surface area contributed by atoms with Crippen LogP contribution >= 0.6 is 0 Å². The fraction of sp³-hybridized carbons (Fsp3) is 0.100. The van der Waals surface area contributed by atoms with Gasteiger partial charge in [0, 0.05) is 11.4 Å². The van der Waals surface area contributed by atoms with Gasteiger partial charge in [0.1, 0.15) is 0 Å². The van der Waals surface area contributed by atoms with Crippen LogP contribution in [0.5, 0.6) is 0 Å². The minimum atomic E-state index is 1.11. The van der Waals surface area contributed by atoms with Crippen LogP contribution in [0.3, 0.4) is 0 Å². The molecule has 0 heterocycles. The first-order chi connectivity index (χ1) is 10.2. The molecule has 0 radical (unpaired) electrons. The van der Waals surface area contributed by atoms with Crippen molar-refractivity contribution < 1.29 is 0 Å². The van der Waals surface area contributed by atoms with E-state index in [2.05, 4.69) is 92.0 Å². The van der Waals surface area contributed by atoms with Crippen LogP contribution in [0.4, 0.5) is 11.4 Å². The summed E-state index contributed by atoms with van der Waals surface area (Å²) in [6.45, 7) is 4.26. The van der Waals surface area contributed by atoms with Gasteiger partial charge in [0.2, 0.25) is 0 Å². The van der Waals surface area contributed by atoms with Crippen LogP contribution in [-0.4, -0.2) is 0 Å². The zero-order valence-electron chi connectivity index (χ0n) is 12.4. The van der Waals surface area contributed by atoms with Crippen LogP contribution in [0.25, 0.3) is 11.1 Å². The van der Waals surface area contributed by atoms with E-state index in [4.69, 9.17) is 0 Å². The molecule has 0 unspecified atom stereocenters. The van der Waals surface area contributed by atoms with E-state index in [9.17, 15) is 0 Å². The van der Waals surface area contributed by atoms with Gasteiger partial charge in [-0.05, 0) is 54.3 Å². The van der Waals surface area contributed by atoms with E-state index in [1.54, 1.807) is 0 Å². The molecule has 3 aromatic rings. The molecule has 1 heteroatoms. The minimum absolute atomic E-state index is 1.11. The normalized spacial score (nSPS) is 10.4. The van der Waals surface area contributed by atoms with Crippen molar-refractivity contribution in [1.29, 1.82) is 0 Å². The second-order valence-corrected chi connectivity index (χ2v) is 5.33. The molecule has 0 atom stereocenters. The van der Waals surface area contributed by atoms with Crippen molar-refractivity contribution in [3.63, 3.8) is 0 Å². The highest BCUT2D eigenvalue weighted by atomic mass is 14.9. The molecule has 0 saturated heterocycles. The number of rotatable bonds is 3. The Balaban J connectivity index is 1.85. The van der Waals surface area contributed by atoms with Gasteiger partial charge >= 0.3 is 0 Å². The Morgan fingerprint density at radius 1 is 0.619 bits per heavy atom. The van der Waals surface area contributed by atoms with Gasteiger partial charge in [0.25, 0.3) is 0 Å².